The van der Waals surface area contributed by atoms with Gasteiger partial charge in [0.2, 0.25) is 5.91 Å². The molecule has 7 heteroatoms. The summed E-state index contributed by atoms with van der Waals surface area (Å²) in [6, 6.07) is 6.50. The molecule has 1 aliphatic rings. The maximum atomic E-state index is 11.7. The van der Waals surface area contributed by atoms with Crippen molar-refractivity contribution in [1.29, 1.82) is 0 Å². The average molecular weight is 473 g/mol. The molecule has 2 rings (SSSR count). The number of halogens is 1. The molecule has 1 amide bonds. The highest BCUT2D eigenvalue weighted by Gasteiger charge is 2.21. The number of hydrogen-bond acceptors (Lipinski definition) is 3. The minimum atomic E-state index is 0. The fourth-order valence-electron chi connectivity index (χ4n) is 3.07. The number of aryl methyl sites for hydroxylation is 1. The van der Waals surface area contributed by atoms with Crippen LogP contribution in [0.3, 0.4) is 0 Å². The molecular formula is C19H32IN5O. The van der Waals surface area contributed by atoms with Crippen molar-refractivity contribution < 1.29 is 4.79 Å². The monoisotopic (exact) mass is 473 g/mol. The van der Waals surface area contributed by atoms with Gasteiger partial charge in [-0.2, -0.15) is 0 Å². The van der Waals surface area contributed by atoms with E-state index < -0.39 is 0 Å². The lowest BCUT2D eigenvalue weighted by atomic mass is 10.1. The Labute approximate surface area is 174 Å². The first kappa shape index (κ1) is 22.5. The summed E-state index contributed by atoms with van der Waals surface area (Å²) in [4.78, 5) is 22.4. The SMILES string of the molecule is CN=C(NCCC(=O)N(C)C)N1CCN(c2cccc(C)c2C)CC1.I. The lowest BCUT2D eigenvalue weighted by Gasteiger charge is -2.38. The van der Waals surface area contributed by atoms with Crippen LogP contribution in [0.4, 0.5) is 5.69 Å². The van der Waals surface area contributed by atoms with Crippen LogP contribution in [0, 0.1) is 13.8 Å². The molecule has 0 aromatic heterocycles. The van der Waals surface area contributed by atoms with E-state index in [1.165, 1.54) is 16.8 Å². The van der Waals surface area contributed by atoms with E-state index in [1.807, 2.05) is 0 Å². The van der Waals surface area contributed by atoms with Gasteiger partial charge in [0.1, 0.15) is 0 Å². The zero-order valence-electron chi connectivity index (χ0n) is 16.6. The molecule has 1 aromatic rings. The molecule has 146 valence electrons. The normalized spacial score (nSPS) is 14.7. The lowest BCUT2D eigenvalue weighted by molar-refractivity contribution is -0.128. The molecule has 0 atom stereocenters. The maximum Gasteiger partial charge on any atom is 0.223 e. The fourth-order valence-corrected chi connectivity index (χ4v) is 3.07. The predicted octanol–water partition coefficient (Wildman–Crippen LogP) is 2.10. The summed E-state index contributed by atoms with van der Waals surface area (Å²) in [7, 11) is 5.36. The van der Waals surface area contributed by atoms with Gasteiger partial charge in [-0.05, 0) is 31.0 Å². The van der Waals surface area contributed by atoms with Gasteiger partial charge in [0.25, 0.3) is 0 Å². The number of anilines is 1. The highest BCUT2D eigenvalue weighted by atomic mass is 127. The lowest BCUT2D eigenvalue weighted by Crippen LogP contribution is -2.53. The van der Waals surface area contributed by atoms with E-state index in [0.717, 1.165) is 32.1 Å². The Hall–Kier alpha value is -1.51. The van der Waals surface area contributed by atoms with Gasteiger partial charge >= 0.3 is 0 Å². The molecule has 1 aromatic carbocycles. The summed E-state index contributed by atoms with van der Waals surface area (Å²) < 4.78 is 0. The molecule has 1 saturated heterocycles. The fraction of sp³-hybridized carbons (Fsp3) is 0.579. The molecular weight excluding hydrogens is 441 g/mol. The van der Waals surface area contributed by atoms with Gasteiger partial charge in [0.15, 0.2) is 5.96 Å². The second-order valence-corrected chi connectivity index (χ2v) is 6.71. The molecule has 1 aliphatic heterocycles. The Morgan fingerprint density at radius 2 is 1.85 bits per heavy atom. The Bertz CT molecular complexity index is 624. The Morgan fingerprint density at radius 3 is 2.42 bits per heavy atom. The van der Waals surface area contributed by atoms with Gasteiger partial charge in [-0.15, -0.1) is 24.0 Å². The molecule has 0 spiro atoms. The minimum Gasteiger partial charge on any atom is -0.368 e. The van der Waals surface area contributed by atoms with Crippen LogP contribution in [0.15, 0.2) is 23.2 Å². The van der Waals surface area contributed by atoms with Crippen molar-refractivity contribution >= 4 is 41.5 Å². The summed E-state index contributed by atoms with van der Waals surface area (Å²) >= 11 is 0. The largest absolute Gasteiger partial charge is 0.368 e. The van der Waals surface area contributed by atoms with Crippen molar-refractivity contribution in [2.75, 3.05) is 58.8 Å². The van der Waals surface area contributed by atoms with Crippen LogP contribution in [0.2, 0.25) is 0 Å². The smallest absolute Gasteiger partial charge is 0.223 e. The van der Waals surface area contributed by atoms with E-state index in [1.54, 1.807) is 26.0 Å². The average Bonchev–Trinajstić information content (AvgIpc) is 2.61. The highest BCUT2D eigenvalue weighted by molar-refractivity contribution is 14.0. The molecule has 0 saturated carbocycles. The van der Waals surface area contributed by atoms with Crippen LogP contribution in [0.5, 0.6) is 0 Å². The third-order valence-electron chi connectivity index (χ3n) is 4.83. The highest BCUT2D eigenvalue weighted by Crippen LogP contribution is 2.23. The maximum absolute atomic E-state index is 11.7. The second-order valence-electron chi connectivity index (χ2n) is 6.71. The zero-order valence-corrected chi connectivity index (χ0v) is 18.9. The summed E-state index contributed by atoms with van der Waals surface area (Å²) in [6.07, 6.45) is 0.481. The Kier molecular flexibility index (Phi) is 9.18. The zero-order chi connectivity index (χ0) is 18.4. The Balaban J connectivity index is 0.00000338. The van der Waals surface area contributed by atoms with Crippen molar-refractivity contribution in [3.63, 3.8) is 0 Å². The van der Waals surface area contributed by atoms with Crippen LogP contribution in [-0.4, -0.2) is 75.5 Å². The van der Waals surface area contributed by atoms with Crippen molar-refractivity contribution in [3.8, 4) is 0 Å². The molecule has 0 radical (unpaired) electrons. The first-order valence-electron chi connectivity index (χ1n) is 8.91. The number of rotatable bonds is 4. The number of benzene rings is 1. The third-order valence-corrected chi connectivity index (χ3v) is 4.83. The van der Waals surface area contributed by atoms with Crippen LogP contribution in [0.25, 0.3) is 0 Å². The Morgan fingerprint density at radius 1 is 1.19 bits per heavy atom. The number of guanidine groups is 1. The number of hydrogen-bond donors (Lipinski definition) is 1. The number of nitrogens with zero attached hydrogens (tertiary/aromatic N) is 4. The summed E-state index contributed by atoms with van der Waals surface area (Å²) in [5.41, 5.74) is 4.03. The van der Waals surface area contributed by atoms with Gasteiger partial charge in [0.05, 0.1) is 0 Å². The van der Waals surface area contributed by atoms with E-state index >= 15 is 0 Å². The van der Waals surface area contributed by atoms with Gasteiger partial charge in [-0.1, -0.05) is 12.1 Å². The molecule has 0 unspecified atom stereocenters. The number of nitrogens with one attached hydrogen (secondary N) is 1. The first-order valence-corrected chi connectivity index (χ1v) is 8.91. The van der Waals surface area contributed by atoms with E-state index in [4.69, 9.17) is 0 Å². The van der Waals surface area contributed by atoms with Gasteiger partial charge in [-0.3, -0.25) is 9.79 Å². The number of piperazine rings is 1. The van der Waals surface area contributed by atoms with E-state index in [9.17, 15) is 4.79 Å². The molecule has 1 fully saturated rings. The number of aliphatic imine (C=N–C) groups is 1. The van der Waals surface area contributed by atoms with E-state index in [2.05, 4.69) is 52.2 Å². The van der Waals surface area contributed by atoms with Gasteiger partial charge in [0, 0.05) is 66.0 Å². The van der Waals surface area contributed by atoms with Crippen molar-refractivity contribution in [2.45, 2.75) is 20.3 Å². The van der Waals surface area contributed by atoms with E-state index in [-0.39, 0.29) is 29.9 Å². The molecule has 0 bridgehead atoms. The summed E-state index contributed by atoms with van der Waals surface area (Å²) in [5, 5.41) is 3.31. The molecule has 1 heterocycles. The van der Waals surface area contributed by atoms with Crippen LogP contribution in [-0.2, 0) is 4.79 Å². The number of carbonyl (C=O) groups excluding carboxylic acids is 1. The van der Waals surface area contributed by atoms with Crippen LogP contribution >= 0.6 is 24.0 Å². The van der Waals surface area contributed by atoms with Crippen molar-refractivity contribution in [1.82, 2.24) is 15.1 Å². The molecule has 6 nitrogen and oxygen atoms in total. The topological polar surface area (TPSA) is 51.2 Å². The first-order chi connectivity index (χ1) is 11.9. The van der Waals surface area contributed by atoms with Crippen LogP contribution < -0.4 is 10.2 Å². The molecule has 1 N–H and O–H groups in total. The second kappa shape index (κ2) is 10.6. The van der Waals surface area contributed by atoms with Crippen molar-refractivity contribution in [2.24, 2.45) is 4.99 Å². The quantitative estimate of drug-likeness (QED) is 0.414. The van der Waals surface area contributed by atoms with Crippen LogP contribution in [0.1, 0.15) is 17.5 Å². The minimum absolute atomic E-state index is 0. The molecule has 0 aliphatic carbocycles. The summed E-state index contributed by atoms with van der Waals surface area (Å²) in [6.45, 7) is 8.77. The van der Waals surface area contributed by atoms with Gasteiger partial charge < -0.3 is 20.0 Å². The molecule has 26 heavy (non-hydrogen) atoms. The third kappa shape index (κ3) is 5.75. The van der Waals surface area contributed by atoms with E-state index in [0.29, 0.717) is 13.0 Å². The summed E-state index contributed by atoms with van der Waals surface area (Å²) in [5.74, 6) is 1.01. The van der Waals surface area contributed by atoms with Crippen molar-refractivity contribution in [3.05, 3.63) is 29.3 Å². The number of carbonyl (C=O) groups is 1. The predicted molar refractivity (Wildman–Crippen MR) is 120 cm³/mol. The standard InChI is InChI=1S/C19H31N5O.HI/c1-15-7-6-8-17(16(15)2)23-11-13-24(14-12-23)19(20-3)21-10-9-18(25)22(4)5;/h6-8H,9-14H2,1-5H3,(H,20,21);1H. The van der Waals surface area contributed by atoms with Gasteiger partial charge in [-0.25, -0.2) is 0 Å². The number of amides is 1.